The third kappa shape index (κ3) is 3.22. The number of rotatable bonds is 3. The van der Waals surface area contributed by atoms with Gasteiger partial charge in [-0.1, -0.05) is 0 Å². The molecule has 0 aliphatic carbocycles. The third-order valence-electron chi connectivity index (χ3n) is 2.40. The summed E-state index contributed by atoms with van der Waals surface area (Å²) in [6.45, 7) is 0.800. The van der Waals surface area contributed by atoms with Crippen molar-refractivity contribution in [1.29, 1.82) is 0 Å². The Morgan fingerprint density at radius 1 is 1.15 bits per heavy atom. The van der Waals surface area contributed by atoms with E-state index >= 15 is 0 Å². The van der Waals surface area contributed by atoms with Crippen molar-refractivity contribution < 1.29 is 8.78 Å². The molecule has 1 heterocycles. The van der Waals surface area contributed by atoms with Crippen LogP contribution < -0.4 is 0 Å². The van der Waals surface area contributed by atoms with Crippen LogP contribution in [-0.4, -0.2) is 41.7 Å². The van der Waals surface area contributed by atoms with Crippen LogP contribution in [0, 0.1) is 0 Å². The first-order valence-electron chi connectivity index (χ1n) is 4.33. The molecule has 0 saturated carbocycles. The zero-order valence-corrected chi connectivity index (χ0v) is 8.79. The normalized spacial score (nSPS) is 23.8. The number of hydrogen-bond acceptors (Lipinski definition) is 1. The highest BCUT2D eigenvalue weighted by Crippen LogP contribution is 2.28. The zero-order chi connectivity index (χ0) is 9.90. The molecule has 0 amide bonds. The Kier molecular flexibility index (Phi) is 4.20. The second-order valence-corrected chi connectivity index (χ2v) is 3.97. The van der Waals surface area contributed by atoms with Crippen LogP contribution in [0.5, 0.6) is 0 Å². The smallest absolute Gasteiger partial charge is 0.250 e. The molecule has 0 aromatic rings. The topological polar surface area (TPSA) is 3.24 Å². The van der Waals surface area contributed by atoms with E-state index in [1.54, 1.807) is 0 Å². The number of likely N-dealkylation sites (tertiary alicyclic amines) is 1. The van der Waals surface area contributed by atoms with Gasteiger partial charge < -0.3 is 0 Å². The van der Waals surface area contributed by atoms with Crippen molar-refractivity contribution in [3.8, 4) is 0 Å². The average Bonchev–Trinajstić information content (AvgIpc) is 2.09. The molecular weight excluding hydrogens is 219 g/mol. The van der Waals surface area contributed by atoms with Gasteiger partial charge >= 0.3 is 0 Å². The molecular formula is C8H13Cl2F2N. The van der Waals surface area contributed by atoms with Crippen LogP contribution in [0.4, 0.5) is 8.78 Å². The van der Waals surface area contributed by atoms with Gasteiger partial charge in [-0.2, -0.15) is 0 Å². The van der Waals surface area contributed by atoms with Crippen LogP contribution in [0.3, 0.4) is 0 Å². The van der Waals surface area contributed by atoms with Crippen LogP contribution in [0.1, 0.15) is 12.8 Å². The van der Waals surface area contributed by atoms with Gasteiger partial charge in [-0.05, 0) is 0 Å². The molecule has 0 unspecified atom stereocenters. The molecule has 1 aliphatic heterocycles. The van der Waals surface area contributed by atoms with E-state index < -0.39 is 5.92 Å². The Hall–Kier alpha value is 0.400. The van der Waals surface area contributed by atoms with Crippen LogP contribution >= 0.6 is 23.2 Å². The fourth-order valence-corrected chi connectivity index (χ4v) is 2.17. The van der Waals surface area contributed by atoms with Crippen LogP contribution in [0.15, 0.2) is 0 Å². The summed E-state index contributed by atoms with van der Waals surface area (Å²) >= 11 is 11.3. The van der Waals surface area contributed by atoms with Crippen molar-refractivity contribution in [2.24, 2.45) is 0 Å². The van der Waals surface area contributed by atoms with E-state index in [4.69, 9.17) is 23.2 Å². The van der Waals surface area contributed by atoms with Gasteiger partial charge in [0.25, 0.3) is 5.92 Å². The first kappa shape index (κ1) is 11.5. The molecule has 5 heteroatoms. The van der Waals surface area contributed by atoms with Crippen LogP contribution in [0.2, 0.25) is 0 Å². The summed E-state index contributed by atoms with van der Waals surface area (Å²) in [6, 6.07) is 0.0411. The Balaban J connectivity index is 2.39. The van der Waals surface area contributed by atoms with Gasteiger partial charge in [-0.25, -0.2) is 8.78 Å². The lowest BCUT2D eigenvalue weighted by Gasteiger charge is -2.35. The number of alkyl halides is 4. The molecule has 1 fully saturated rings. The van der Waals surface area contributed by atoms with E-state index in [-0.39, 0.29) is 18.9 Å². The van der Waals surface area contributed by atoms with Crippen molar-refractivity contribution in [2.45, 2.75) is 24.8 Å². The SMILES string of the molecule is FC1(F)CCN(C(CCl)CCl)CC1. The molecule has 13 heavy (non-hydrogen) atoms. The largest absolute Gasteiger partial charge is 0.298 e. The summed E-state index contributed by atoms with van der Waals surface area (Å²) in [5.41, 5.74) is 0. The van der Waals surface area contributed by atoms with E-state index in [0.717, 1.165) is 0 Å². The maximum Gasteiger partial charge on any atom is 0.250 e. The third-order valence-corrected chi connectivity index (χ3v) is 3.11. The molecule has 0 radical (unpaired) electrons. The van der Waals surface area contributed by atoms with Gasteiger partial charge in [0.1, 0.15) is 0 Å². The van der Waals surface area contributed by atoms with Gasteiger partial charge in [0.05, 0.1) is 0 Å². The highest BCUT2D eigenvalue weighted by molar-refractivity contribution is 6.21. The molecule has 1 rings (SSSR count). The van der Waals surface area contributed by atoms with Gasteiger partial charge in [-0.3, -0.25) is 4.90 Å². The molecule has 1 aliphatic rings. The van der Waals surface area contributed by atoms with Gasteiger partial charge in [0, 0.05) is 43.7 Å². The second-order valence-electron chi connectivity index (χ2n) is 3.35. The maximum atomic E-state index is 12.8. The first-order chi connectivity index (χ1) is 6.09. The number of nitrogens with zero attached hydrogens (tertiary/aromatic N) is 1. The lowest BCUT2D eigenvalue weighted by atomic mass is 10.1. The second kappa shape index (κ2) is 4.76. The van der Waals surface area contributed by atoms with Crippen LogP contribution in [0.25, 0.3) is 0 Å². The Morgan fingerprint density at radius 3 is 2.00 bits per heavy atom. The van der Waals surface area contributed by atoms with E-state index in [9.17, 15) is 8.78 Å². The van der Waals surface area contributed by atoms with Crippen molar-refractivity contribution in [3.05, 3.63) is 0 Å². The number of hydrogen-bond donors (Lipinski definition) is 0. The zero-order valence-electron chi connectivity index (χ0n) is 7.28. The summed E-state index contributed by atoms with van der Waals surface area (Å²) in [4.78, 5) is 1.94. The molecule has 0 aromatic carbocycles. The summed E-state index contributed by atoms with van der Waals surface area (Å²) in [5, 5.41) is 0. The molecule has 78 valence electrons. The summed E-state index contributed by atoms with van der Waals surface area (Å²) in [7, 11) is 0. The molecule has 0 bridgehead atoms. The molecule has 0 N–H and O–H groups in total. The van der Waals surface area contributed by atoms with E-state index in [2.05, 4.69) is 0 Å². The minimum atomic E-state index is -2.49. The predicted octanol–water partition coefficient (Wildman–Crippen LogP) is 2.56. The van der Waals surface area contributed by atoms with Gasteiger partial charge in [0.2, 0.25) is 0 Å². The van der Waals surface area contributed by atoms with E-state index in [1.165, 1.54) is 0 Å². The lowest BCUT2D eigenvalue weighted by Crippen LogP contribution is -2.46. The highest BCUT2D eigenvalue weighted by atomic mass is 35.5. The quantitative estimate of drug-likeness (QED) is 0.676. The minimum Gasteiger partial charge on any atom is -0.298 e. The maximum absolute atomic E-state index is 12.8. The average molecular weight is 232 g/mol. The first-order valence-corrected chi connectivity index (χ1v) is 5.40. The molecule has 0 atom stereocenters. The Bertz CT molecular complexity index is 152. The fraction of sp³-hybridized carbons (Fsp3) is 1.00. The molecule has 1 nitrogen and oxygen atoms in total. The summed E-state index contributed by atoms with van der Waals surface area (Å²) in [5.74, 6) is -1.66. The van der Waals surface area contributed by atoms with Gasteiger partial charge in [-0.15, -0.1) is 23.2 Å². The predicted molar refractivity (Wildman–Crippen MR) is 51.0 cm³/mol. The number of halogens is 4. The number of piperidine rings is 1. The van der Waals surface area contributed by atoms with Crippen molar-refractivity contribution >= 4 is 23.2 Å². The van der Waals surface area contributed by atoms with Crippen molar-refractivity contribution in [1.82, 2.24) is 4.90 Å². The molecule has 0 aromatic heterocycles. The standard InChI is InChI=1S/C8H13Cl2F2N/c9-5-7(6-10)13-3-1-8(11,12)2-4-13/h7H,1-6H2. The minimum absolute atomic E-state index is 0.0411. The fourth-order valence-electron chi connectivity index (χ4n) is 1.45. The van der Waals surface area contributed by atoms with E-state index in [1.807, 2.05) is 4.90 Å². The lowest BCUT2D eigenvalue weighted by molar-refractivity contribution is -0.0599. The Morgan fingerprint density at radius 2 is 1.62 bits per heavy atom. The monoisotopic (exact) mass is 231 g/mol. The van der Waals surface area contributed by atoms with Crippen molar-refractivity contribution in [3.63, 3.8) is 0 Å². The summed E-state index contributed by atoms with van der Waals surface area (Å²) in [6.07, 6.45) is -0.144. The highest BCUT2D eigenvalue weighted by Gasteiger charge is 2.35. The molecule has 0 spiro atoms. The summed E-state index contributed by atoms with van der Waals surface area (Å²) < 4.78 is 25.5. The van der Waals surface area contributed by atoms with Crippen molar-refractivity contribution in [2.75, 3.05) is 24.8 Å². The van der Waals surface area contributed by atoms with E-state index in [0.29, 0.717) is 24.8 Å². The Labute approximate surface area is 87.0 Å². The van der Waals surface area contributed by atoms with Gasteiger partial charge in [0.15, 0.2) is 0 Å². The molecule has 1 saturated heterocycles. The van der Waals surface area contributed by atoms with Crippen LogP contribution in [-0.2, 0) is 0 Å².